The van der Waals surface area contributed by atoms with Gasteiger partial charge in [-0.1, -0.05) is 0 Å². The molecule has 0 atom stereocenters. The summed E-state index contributed by atoms with van der Waals surface area (Å²) in [5.74, 6) is -0.389. The van der Waals surface area contributed by atoms with Gasteiger partial charge in [0.1, 0.15) is 15.8 Å². The second-order valence-electron chi connectivity index (χ2n) is 6.19. The number of sulfone groups is 1. The Morgan fingerprint density at radius 3 is 2.63 bits per heavy atom. The molecule has 0 spiro atoms. The van der Waals surface area contributed by atoms with Gasteiger partial charge in [-0.25, -0.2) is 18.2 Å². The van der Waals surface area contributed by atoms with Gasteiger partial charge in [0.05, 0.1) is 17.3 Å². The van der Waals surface area contributed by atoms with E-state index in [0.717, 1.165) is 11.3 Å². The fraction of sp³-hybridized carbons (Fsp3) is 0.222. The first-order chi connectivity index (χ1) is 14.2. The average molecular weight is 450 g/mol. The summed E-state index contributed by atoms with van der Waals surface area (Å²) in [6, 6.07) is 4.41. The van der Waals surface area contributed by atoms with Gasteiger partial charge in [-0.05, 0) is 30.7 Å². The van der Waals surface area contributed by atoms with Crippen LogP contribution in [-0.2, 0) is 28.2 Å². The minimum Gasteiger partial charge on any atom is -0.442 e. The number of carbonyl (C=O) groups is 2. The molecule has 158 valence electrons. The van der Waals surface area contributed by atoms with E-state index in [1.807, 2.05) is 0 Å². The van der Waals surface area contributed by atoms with E-state index in [0.29, 0.717) is 17.7 Å². The number of amides is 2. The number of primary amides is 1. The highest BCUT2D eigenvalue weighted by molar-refractivity contribution is 7.93. The molecule has 30 heavy (non-hydrogen) atoms. The van der Waals surface area contributed by atoms with Gasteiger partial charge in [0.25, 0.3) is 5.91 Å². The van der Waals surface area contributed by atoms with E-state index >= 15 is 0 Å². The van der Waals surface area contributed by atoms with Crippen LogP contribution in [0.3, 0.4) is 0 Å². The molecule has 10 nitrogen and oxygen atoms in total. The summed E-state index contributed by atoms with van der Waals surface area (Å²) in [6.45, 7) is 1.94. The highest BCUT2D eigenvalue weighted by Gasteiger charge is 2.24. The number of aromatic nitrogens is 3. The largest absolute Gasteiger partial charge is 0.442 e. The Balaban J connectivity index is 2.05. The molecule has 12 heteroatoms. The number of benzene rings is 1. The van der Waals surface area contributed by atoms with Crippen LogP contribution in [0.4, 0.5) is 4.79 Å². The molecule has 2 heterocycles. The monoisotopic (exact) mass is 449 g/mol. The first kappa shape index (κ1) is 21.5. The molecule has 2 aromatic heterocycles. The quantitative estimate of drug-likeness (QED) is 0.558. The molecule has 1 aromatic carbocycles. The molecular weight excluding hydrogens is 430 g/mol. The average Bonchev–Trinajstić information content (AvgIpc) is 3.35. The predicted molar refractivity (Wildman–Crippen MR) is 109 cm³/mol. The number of ether oxygens (including phenoxy) is 1. The van der Waals surface area contributed by atoms with Gasteiger partial charge in [0.2, 0.25) is 9.84 Å². The van der Waals surface area contributed by atoms with Crippen LogP contribution in [0.5, 0.6) is 0 Å². The number of nitrogens with one attached hydrogen (secondary N) is 1. The van der Waals surface area contributed by atoms with Crippen LogP contribution in [0.2, 0.25) is 0 Å². The number of hydrogen-bond acceptors (Lipinski definition) is 8. The van der Waals surface area contributed by atoms with E-state index < -0.39 is 15.9 Å². The van der Waals surface area contributed by atoms with Crippen LogP contribution in [-0.4, -0.2) is 41.7 Å². The maximum absolute atomic E-state index is 13.2. The van der Waals surface area contributed by atoms with Crippen LogP contribution in [0.25, 0.3) is 11.1 Å². The number of rotatable bonds is 7. The van der Waals surface area contributed by atoms with Crippen molar-refractivity contribution in [2.45, 2.75) is 22.6 Å². The molecule has 0 aliphatic rings. The van der Waals surface area contributed by atoms with Gasteiger partial charge in [0, 0.05) is 30.9 Å². The van der Waals surface area contributed by atoms with E-state index in [1.165, 1.54) is 18.3 Å². The first-order valence-corrected chi connectivity index (χ1v) is 11.0. The van der Waals surface area contributed by atoms with Crippen molar-refractivity contribution in [1.82, 2.24) is 20.1 Å². The van der Waals surface area contributed by atoms with E-state index in [1.54, 1.807) is 37.1 Å². The molecule has 2 amide bonds. The molecule has 0 aliphatic heterocycles. The molecule has 0 saturated carbocycles. The van der Waals surface area contributed by atoms with Crippen molar-refractivity contribution in [3.05, 3.63) is 47.4 Å². The third-order valence-corrected chi connectivity index (χ3v) is 7.15. The van der Waals surface area contributed by atoms with Crippen molar-refractivity contribution in [2.24, 2.45) is 12.8 Å². The van der Waals surface area contributed by atoms with Gasteiger partial charge in [-0.3, -0.25) is 9.48 Å². The van der Waals surface area contributed by atoms with Crippen molar-refractivity contribution < 1.29 is 22.7 Å². The number of nitrogens with two attached hydrogens (primary N) is 1. The Kier molecular flexibility index (Phi) is 6.17. The van der Waals surface area contributed by atoms with Crippen LogP contribution >= 0.6 is 11.3 Å². The zero-order chi connectivity index (χ0) is 21.9. The Labute approximate surface area is 176 Å². The second-order valence-corrected chi connectivity index (χ2v) is 9.48. The summed E-state index contributed by atoms with van der Waals surface area (Å²) in [4.78, 5) is 27.1. The smallest absolute Gasteiger partial charge is 0.404 e. The van der Waals surface area contributed by atoms with Gasteiger partial charge < -0.3 is 15.8 Å². The van der Waals surface area contributed by atoms with E-state index in [-0.39, 0.29) is 32.2 Å². The van der Waals surface area contributed by atoms with Crippen molar-refractivity contribution in [3.8, 4) is 11.1 Å². The highest BCUT2D eigenvalue weighted by atomic mass is 32.2. The van der Waals surface area contributed by atoms with Crippen LogP contribution in [0.1, 0.15) is 22.3 Å². The normalized spacial score (nSPS) is 11.3. The number of hydrogen-bond donors (Lipinski definition) is 2. The van der Waals surface area contributed by atoms with Crippen molar-refractivity contribution in [2.75, 3.05) is 6.54 Å². The molecule has 0 radical (unpaired) electrons. The lowest BCUT2D eigenvalue weighted by molar-refractivity contribution is 0.0955. The number of thiazole rings is 1. The molecule has 3 rings (SSSR count). The minimum absolute atomic E-state index is 0.0456. The molecular formula is C18H19N5O5S2. The highest BCUT2D eigenvalue weighted by Crippen LogP contribution is 2.31. The first-order valence-electron chi connectivity index (χ1n) is 8.75. The fourth-order valence-corrected chi connectivity index (χ4v) is 5.18. The molecule has 3 aromatic rings. The number of aryl methyl sites for hydroxylation is 1. The summed E-state index contributed by atoms with van der Waals surface area (Å²) in [5, 5.41) is 7.05. The molecule has 0 bridgehead atoms. The zero-order valence-corrected chi connectivity index (χ0v) is 17.8. The van der Waals surface area contributed by atoms with Gasteiger partial charge in [-0.2, -0.15) is 5.10 Å². The van der Waals surface area contributed by atoms with E-state index in [4.69, 9.17) is 5.73 Å². The van der Waals surface area contributed by atoms with Crippen molar-refractivity contribution in [3.63, 3.8) is 0 Å². The predicted octanol–water partition coefficient (Wildman–Crippen LogP) is 1.72. The fourth-order valence-electron chi connectivity index (χ4n) is 2.62. The van der Waals surface area contributed by atoms with Crippen LogP contribution in [0, 0.1) is 0 Å². The van der Waals surface area contributed by atoms with Gasteiger partial charge in [-0.15, -0.1) is 11.3 Å². The molecule has 0 aliphatic carbocycles. The third kappa shape index (κ3) is 4.66. The maximum Gasteiger partial charge on any atom is 0.404 e. The van der Waals surface area contributed by atoms with Crippen molar-refractivity contribution in [1.29, 1.82) is 0 Å². The number of carbonyl (C=O) groups excluding carboxylic acids is 2. The lowest BCUT2D eigenvalue weighted by Crippen LogP contribution is -2.23. The second kappa shape index (κ2) is 8.63. The summed E-state index contributed by atoms with van der Waals surface area (Å²) in [7, 11) is -2.24. The zero-order valence-electron chi connectivity index (χ0n) is 16.2. The summed E-state index contributed by atoms with van der Waals surface area (Å²) >= 11 is 0.858. The van der Waals surface area contributed by atoms with E-state index in [9.17, 15) is 18.0 Å². The summed E-state index contributed by atoms with van der Waals surface area (Å²) in [5.41, 5.74) is 6.33. The lowest BCUT2D eigenvalue weighted by Gasteiger charge is -2.09. The molecule has 0 unspecified atom stereocenters. The lowest BCUT2D eigenvalue weighted by atomic mass is 10.1. The summed E-state index contributed by atoms with van der Waals surface area (Å²) in [6.07, 6.45) is 3.51. The van der Waals surface area contributed by atoms with Gasteiger partial charge in [0.15, 0.2) is 0 Å². The summed E-state index contributed by atoms with van der Waals surface area (Å²) < 4.78 is 32.6. The Morgan fingerprint density at radius 1 is 1.23 bits per heavy atom. The van der Waals surface area contributed by atoms with Crippen LogP contribution in [0.15, 0.2) is 45.9 Å². The minimum atomic E-state index is -3.97. The molecule has 3 N–H and O–H groups in total. The Bertz CT molecular complexity index is 1200. The molecule has 0 fully saturated rings. The number of nitrogens with zero attached hydrogens (tertiary/aromatic N) is 3. The maximum atomic E-state index is 13.2. The van der Waals surface area contributed by atoms with Crippen LogP contribution < -0.4 is 11.1 Å². The van der Waals surface area contributed by atoms with Crippen molar-refractivity contribution >= 4 is 33.2 Å². The SMILES string of the molecule is CCNC(=O)c1cc(-c2cnn(C)c2)cc(S(=O)(=O)c2cnc(COC(N)=O)s2)c1. The third-order valence-electron chi connectivity index (χ3n) is 3.99. The topological polar surface area (TPSA) is 146 Å². The Hall–Kier alpha value is -3.25. The standard InChI is InChI=1S/C18H19N5O5S2/c1-3-20-17(24)12-4-11(13-7-22-23(2)9-13)5-14(6-12)30(26,27)16-8-21-15(29-16)10-28-18(19)25/h4-9H,3,10H2,1-2H3,(H2,19,25)(H,20,24). The van der Waals surface area contributed by atoms with Gasteiger partial charge >= 0.3 is 6.09 Å². The molecule has 0 saturated heterocycles. The Morgan fingerprint density at radius 2 is 2.00 bits per heavy atom. The van der Waals surface area contributed by atoms with E-state index in [2.05, 4.69) is 20.1 Å².